The van der Waals surface area contributed by atoms with Crippen LogP contribution in [0, 0.1) is 0 Å². The van der Waals surface area contributed by atoms with Gasteiger partial charge in [-0.2, -0.15) is 0 Å². The SMILES string of the molecule is C[C@H](CO)NC(=O)[C@@H]1CCCN1C(=O)OC(C)(C)C. The Morgan fingerprint density at radius 3 is 2.63 bits per heavy atom. The molecule has 2 amide bonds. The van der Waals surface area contributed by atoms with Gasteiger partial charge in [0.15, 0.2) is 0 Å². The molecule has 1 rings (SSSR count). The molecule has 0 spiro atoms. The van der Waals surface area contributed by atoms with Gasteiger partial charge in [0.25, 0.3) is 0 Å². The predicted octanol–water partition coefficient (Wildman–Crippen LogP) is 0.883. The molecule has 6 nitrogen and oxygen atoms in total. The summed E-state index contributed by atoms with van der Waals surface area (Å²) in [6, 6.07) is -0.808. The Morgan fingerprint density at radius 2 is 2.11 bits per heavy atom. The molecule has 1 heterocycles. The average Bonchev–Trinajstić information content (AvgIpc) is 2.75. The molecule has 0 aromatic carbocycles. The summed E-state index contributed by atoms with van der Waals surface area (Å²) < 4.78 is 5.29. The van der Waals surface area contributed by atoms with E-state index in [1.54, 1.807) is 27.7 Å². The van der Waals surface area contributed by atoms with Crippen LogP contribution in [0.5, 0.6) is 0 Å². The first-order chi connectivity index (χ1) is 8.74. The van der Waals surface area contributed by atoms with Gasteiger partial charge in [0.05, 0.1) is 6.61 Å². The summed E-state index contributed by atoms with van der Waals surface area (Å²) >= 11 is 0. The van der Waals surface area contributed by atoms with Crippen molar-refractivity contribution in [3.8, 4) is 0 Å². The van der Waals surface area contributed by atoms with Crippen LogP contribution in [-0.2, 0) is 9.53 Å². The van der Waals surface area contributed by atoms with Crippen LogP contribution in [0.3, 0.4) is 0 Å². The Hall–Kier alpha value is -1.30. The second-order valence-electron chi connectivity index (χ2n) is 5.92. The normalized spacial score (nSPS) is 21.1. The largest absolute Gasteiger partial charge is 0.444 e. The minimum Gasteiger partial charge on any atom is -0.444 e. The number of carbonyl (C=O) groups is 2. The number of hydrogen-bond donors (Lipinski definition) is 2. The van der Waals surface area contributed by atoms with Gasteiger partial charge in [-0.05, 0) is 40.5 Å². The molecule has 1 aliphatic rings. The van der Waals surface area contributed by atoms with E-state index in [9.17, 15) is 9.59 Å². The Morgan fingerprint density at radius 1 is 1.47 bits per heavy atom. The average molecular weight is 272 g/mol. The molecule has 2 N–H and O–H groups in total. The molecule has 6 heteroatoms. The van der Waals surface area contributed by atoms with E-state index in [0.717, 1.165) is 6.42 Å². The first kappa shape index (κ1) is 15.8. The third-order valence-corrected chi connectivity index (χ3v) is 2.85. The van der Waals surface area contributed by atoms with Gasteiger partial charge in [0, 0.05) is 12.6 Å². The number of aliphatic hydroxyl groups is 1. The molecule has 19 heavy (non-hydrogen) atoms. The summed E-state index contributed by atoms with van der Waals surface area (Å²) in [5, 5.41) is 11.6. The van der Waals surface area contributed by atoms with Crippen LogP contribution in [0.15, 0.2) is 0 Å². The Labute approximate surface area is 114 Å². The summed E-state index contributed by atoms with van der Waals surface area (Å²) in [5.74, 6) is -0.232. The molecule has 1 saturated heterocycles. The highest BCUT2D eigenvalue weighted by Gasteiger charge is 2.36. The fourth-order valence-corrected chi connectivity index (χ4v) is 1.96. The molecule has 1 fully saturated rings. The first-order valence-corrected chi connectivity index (χ1v) is 6.65. The van der Waals surface area contributed by atoms with E-state index in [1.807, 2.05) is 0 Å². The smallest absolute Gasteiger partial charge is 0.410 e. The lowest BCUT2D eigenvalue weighted by atomic mass is 10.2. The van der Waals surface area contributed by atoms with Gasteiger partial charge >= 0.3 is 6.09 Å². The molecular weight excluding hydrogens is 248 g/mol. The van der Waals surface area contributed by atoms with E-state index in [1.165, 1.54) is 4.90 Å². The molecule has 0 bridgehead atoms. The second kappa shape index (κ2) is 6.23. The van der Waals surface area contributed by atoms with Crippen molar-refractivity contribution in [2.75, 3.05) is 13.2 Å². The number of ether oxygens (including phenoxy) is 1. The van der Waals surface area contributed by atoms with Gasteiger partial charge in [-0.3, -0.25) is 9.69 Å². The number of nitrogens with zero attached hydrogens (tertiary/aromatic N) is 1. The molecule has 110 valence electrons. The molecule has 0 aliphatic carbocycles. The second-order valence-corrected chi connectivity index (χ2v) is 5.92. The third-order valence-electron chi connectivity index (χ3n) is 2.85. The van der Waals surface area contributed by atoms with Crippen molar-refractivity contribution in [2.24, 2.45) is 0 Å². The van der Waals surface area contributed by atoms with Gasteiger partial charge in [-0.15, -0.1) is 0 Å². The number of rotatable bonds is 3. The number of hydrogen-bond acceptors (Lipinski definition) is 4. The summed E-state index contributed by atoms with van der Waals surface area (Å²) in [4.78, 5) is 25.5. The lowest BCUT2D eigenvalue weighted by Crippen LogP contribution is -2.50. The number of amides is 2. The van der Waals surface area contributed by atoms with Gasteiger partial charge in [0.2, 0.25) is 5.91 Å². The molecule has 2 atom stereocenters. The Kier molecular flexibility index (Phi) is 5.17. The summed E-state index contributed by atoms with van der Waals surface area (Å²) in [6.07, 6.45) is 0.954. The number of aliphatic hydroxyl groups excluding tert-OH is 1. The monoisotopic (exact) mass is 272 g/mol. The molecular formula is C13H24N2O4. The standard InChI is InChI=1S/C13H24N2O4/c1-9(8-16)14-11(17)10-6-5-7-15(10)12(18)19-13(2,3)4/h9-10,16H,5-8H2,1-4H3,(H,14,17)/t9-,10+/m1/s1. The number of nitrogens with one attached hydrogen (secondary N) is 1. The minimum atomic E-state index is -0.570. The van der Waals surface area contributed by atoms with Crippen LogP contribution in [0.1, 0.15) is 40.5 Å². The van der Waals surface area contributed by atoms with Crippen LogP contribution in [0.25, 0.3) is 0 Å². The lowest BCUT2D eigenvalue weighted by molar-refractivity contribution is -0.126. The number of carbonyl (C=O) groups excluding carboxylic acids is 2. The van der Waals surface area contributed by atoms with Gasteiger partial charge in [0.1, 0.15) is 11.6 Å². The van der Waals surface area contributed by atoms with E-state index in [2.05, 4.69) is 5.32 Å². The molecule has 0 radical (unpaired) electrons. The first-order valence-electron chi connectivity index (χ1n) is 6.65. The molecule has 0 aromatic rings. The van der Waals surface area contributed by atoms with Crippen molar-refractivity contribution in [3.63, 3.8) is 0 Å². The van der Waals surface area contributed by atoms with Crippen molar-refractivity contribution in [1.82, 2.24) is 10.2 Å². The van der Waals surface area contributed by atoms with E-state index >= 15 is 0 Å². The van der Waals surface area contributed by atoms with Crippen LogP contribution in [0.2, 0.25) is 0 Å². The van der Waals surface area contributed by atoms with Gasteiger partial charge in [-0.25, -0.2) is 4.79 Å². The zero-order valence-corrected chi connectivity index (χ0v) is 12.1. The highest BCUT2D eigenvalue weighted by Crippen LogP contribution is 2.21. The summed E-state index contributed by atoms with van der Waals surface area (Å²) in [6.45, 7) is 7.51. The lowest BCUT2D eigenvalue weighted by Gasteiger charge is -2.28. The van der Waals surface area contributed by atoms with Gasteiger partial charge in [-0.1, -0.05) is 0 Å². The van der Waals surface area contributed by atoms with E-state index in [4.69, 9.17) is 9.84 Å². The van der Waals surface area contributed by atoms with Crippen molar-refractivity contribution >= 4 is 12.0 Å². The zero-order valence-electron chi connectivity index (χ0n) is 12.1. The van der Waals surface area contributed by atoms with E-state index in [-0.39, 0.29) is 18.6 Å². The van der Waals surface area contributed by atoms with Crippen LogP contribution in [0.4, 0.5) is 4.79 Å². The van der Waals surface area contributed by atoms with Crippen molar-refractivity contribution in [1.29, 1.82) is 0 Å². The molecule has 1 aliphatic heterocycles. The van der Waals surface area contributed by atoms with Crippen LogP contribution < -0.4 is 5.32 Å². The highest BCUT2D eigenvalue weighted by atomic mass is 16.6. The molecule has 0 saturated carbocycles. The predicted molar refractivity (Wildman–Crippen MR) is 70.7 cm³/mol. The van der Waals surface area contributed by atoms with Gasteiger partial charge < -0.3 is 15.2 Å². The third kappa shape index (κ3) is 4.70. The van der Waals surface area contributed by atoms with Crippen LogP contribution >= 0.6 is 0 Å². The quantitative estimate of drug-likeness (QED) is 0.799. The van der Waals surface area contributed by atoms with E-state index in [0.29, 0.717) is 13.0 Å². The molecule has 0 unspecified atom stereocenters. The Balaban J connectivity index is 2.63. The molecule has 0 aromatic heterocycles. The highest BCUT2D eigenvalue weighted by molar-refractivity contribution is 5.86. The fourth-order valence-electron chi connectivity index (χ4n) is 1.96. The van der Waals surface area contributed by atoms with Crippen molar-refractivity contribution in [3.05, 3.63) is 0 Å². The van der Waals surface area contributed by atoms with E-state index < -0.39 is 17.7 Å². The Bertz CT molecular complexity index is 338. The van der Waals surface area contributed by atoms with Crippen LogP contribution in [-0.4, -0.2) is 52.8 Å². The minimum absolute atomic E-state index is 0.120. The van der Waals surface area contributed by atoms with Crippen molar-refractivity contribution < 1.29 is 19.4 Å². The maximum Gasteiger partial charge on any atom is 0.410 e. The maximum atomic E-state index is 12.0. The zero-order chi connectivity index (χ0) is 14.6. The summed E-state index contributed by atoms with van der Waals surface area (Å²) in [5.41, 5.74) is -0.570. The maximum absolute atomic E-state index is 12.0. The fraction of sp³-hybridized carbons (Fsp3) is 0.846. The number of likely N-dealkylation sites (tertiary alicyclic amines) is 1. The topological polar surface area (TPSA) is 78.9 Å². The summed E-state index contributed by atoms with van der Waals surface area (Å²) in [7, 11) is 0. The van der Waals surface area contributed by atoms with Crippen molar-refractivity contribution in [2.45, 2.75) is 58.2 Å².